The average Bonchev–Trinajstić information content (AvgIpc) is 3.25. The lowest BCUT2D eigenvalue weighted by Gasteiger charge is -2.27. The van der Waals surface area contributed by atoms with E-state index in [0.717, 1.165) is 37.5 Å². The highest BCUT2D eigenvalue weighted by molar-refractivity contribution is 7.21. The Hall–Kier alpha value is -2.84. The van der Waals surface area contributed by atoms with Gasteiger partial charge in [0, 0.05) is 25.6 Å². The summed E-state index contributed by atoms with van der Waals surface area (Å²) < 4.78 is 1.97. The molecule has 0 aliphatic heterocycles. The molecule has 1 amide bonds. The molecule has 0 fully saturated rings. The highest BCUT2D eigenvalue weighted by atomic mass is 32.1. The Morgan fingerprint density at radius 3 is 2.93 bits per heavy atom. The summed E-state index contributed by atoms with van der Waals surface area (Å²) in [5.41, 5.74) is 9.67. The SMILES string of the molecule is Cn1cnc2cnc3sc(-c4cccc(C(C)(C)NC(=O)CCN)c4)nc3c21. The van der Waals surface area contributed by atoms with Crippen LogP contribution in [0.25, 0.3) is 32.0 Å². The van der Waals surface area contributed by atoms with E-state index in [0.29, 0.717) is 13.0 Å². The minimum Gasteiger partial charge on any atom is -0.347 e. The lowest BCUT2D eigenvalue weighted by atomic mass is 9.92. The third-order valence-corrected chi connectivity index (χ3v) is 5.77. The second kappa shape index (κ2) is 6.96. The van der Waals surface area contributed by atoms with Crippen molar-refractivity contribution in [3.63, 3.8) is 0 Å². The number of aryl methyl sites for hydroxylation is 1. The molecule has 1 aromatic carbocycles. The molecule has 7 nitrogen and oxygen atoms in total. The minimum atomic E-state index is -0.507. The number of amides is 1. The van der Waals surface area contributed by atoms with Crippen LogP contribution in [-0.4, -0.2) is 32.0 Å². The summed E-state index contributed by atoms with van der Waals surface area (Å²) in [4.78, 5) is 26.6. The molecule has 4 rings (SSSR count). The normalized spacial score (nSPS) is 12.0. The van der Waals surface area contributed by atoms with Crippen LogP contribution in [0.3, 0.4) is 0 Å². The molecule has 3 N–H and O–H groups in total. The first-order chi connectivity index (χ1) is 13.4. The number of nitrogens with two attached hydrogens (primary N) is 1. The number of carbonyl (C=O) groups excluding carboxylic acids is 1. The standard InChI is InChI=1S/C20H22N6OS/c1-20(2,25-15(27)7-8-21)13-6-4-5-12(9-13)18-24-16-17-14(23-11-26(17)3)10-22-19(16)28-18/h4-6,9-11H,7-8,21H2,1-3H3,(H,25,27). The summed E-state index contributed by atoms with van der Waals surface area (Å²) in [6.07, 6.45) is 3.87. The monoisotopic (exact) mass is 394 g/mol. The average molecular weight is 395 g/mol. The molecular weight excluding hydrogens is 372 g/mol. The highest BCUT2D eigenvalue weighted by Crippen LogP contribution is 2.34. The molecular formula is C20H22N6OS. The maximum absolute atomic E-state index is 12.0. The molecule has 0 saturated carbocycles. The van der Waals surface area contributed by atoms with E-state index in [9.17, 15) is 4.79 Å². The summed E-state index contributed by atoms with van der Waals surface area (Å²) in [6.45, 7) is 4.31. The number of nitrogens with zero attached hydrogens (tertiary/aromatic N) is 4. The van der Waals surface area contributed by atoms with E-state index in [4.69, 9.17) is 10.7 Å². The van der Waals surface area contributed by atoms with Crippen LogP contribution in [-0.2, 0) is 17.4 Å². The van der Waals surface area contributed by atoms with Gasteiger partial charge in [0.15, 0.2) is 0 Å². The van der Waals surface area contributed by atoms with E-state index in [1.807, 2.05) is 43.7 Å². The van der Waals surface area contributed by atoms with Crippen LogP contribution in [0, 0.1) is 0 Å². The zero-order chi connectivity index (χ0) is 19.9. The van der Waals surface area contributed by atoms with Crippen molar-refractivity contribution in [3.05, 3.63) is 42.4 Å². The van der Waals surface area contributed by atoms with Crippen molar-refractivity contribution in [3.8, 4) is 10.6 Å². The predicted molar refractivity (Wildman–Crippen MR) is 112 cm³/mol. The van der Waals surface area contributed by atoms with E-state index in [-0.39, 0.29) is 5.91 Å². The second-order valence-corrected chi connectivity index (χ2v) is 8.29. The molecule has 0 atom stereocenters. The van der Waals surface area contributed by atoms with Crippen LogP contribution in [0.2, 0.25) is 0 Å². The van der Waals surface area contributed by atoms with Gasteiger partial charge in [-0.3, -0.25) is 4.79 Å². The summed E-state index contributed by atoms with van der Waals surface area (Å²) in [5, 5.41) is 3.94. The molecule has 3 aromatic heterocycles. The van der Waals surface area contributed by atoms with Crippen molar-refractivity contribution in [2.24, 2.45) is 12.8 Å². The largest absolute Gasteiger partial charge is 0.347 e. The van der Waals surface area contributed by atoms with E-state index in [1.165, 1.54) is 0 Å². The van der Waals surface area contributed by atoms with Crippen LogP contribution in [0.1, 0.15) is 25.8 Å². The van der Waals surface area contributed by atoms with Gasteiger partial charge in [-0.1, -0.05) is 29.5 Å². The molecule has 28 heavy (non-hydrogen) atoms. The van der Waals surface area contributed by atoms with E-state index < -0.39 is 5.54 Å². The van der Waals surface area contributed by atoms with E-state index >= 15 is 0 Å². The number of thiazole rings is 1. The van der Waals surface area contributed by atoms with Crippen LogP contribution >= 0.6 is 11.3 Å². The van der Waals surface area contributed by atoms with E-state index in [1.54, 1.807) is 23.9 Å². The van der Waals surface area contributed by atoms with Gasteiger partial charge >= 0.3 is 0 Å². The van der Waals surface area contributed by atoms with Crippen LogP contribution in [0.4, 0.5) is 0 Å². The van der Waals surface area contributed by atoms with Gasteiger partial charge in [0.1, 0.15) is 20.9 Å². The first kappa shape index (κ1) is 18.5. The Bertz CT molecular complexity index is 1180. The summed E-state index contributed by atoms with van der Waals surface area (Å²) in [6, 6.07) is 8.10. The number of hydrogen-bond acceptors (Lipinski definition) is 6. The van der Waals surface area contributed by atoms with Crippen molar-refractivity contribution >= 4 is 38.6 Å². The number of carbonyl (C=O) groups is 1. The molecule has 8 heteroatoms. The molecule has 0 radical (unpaired) electrons. The van der Waals surface area contributed by atoms with Gasteiger partial charge in [-0.25, -0.2) is 15.0 Å². The molecule has 3 heterocycles. The number of imidazole rings is 1. The molecule has 0 unspecified atom stereocenters. The number of rotatable bonds is 5. The fourth-order valence-electron chi connectivity index (χ4n) is 3.28. The van der Waals surface area contributed by atoms with Crippen molar-refractivity contribution < 1.29 is 4.79 Å². The van der Waals surface area contributed by atoms with Gasteiger partial charge in [-0.15, -0.1) is 0 Å². The fourth-order valence-corrected chi connectivity index (χ4v) is 4.19. The third-order valence-electron chi connectivity index (χ3n) is 4.76. The van der Waals surface area contributed by atoms with Crippen molar-refractivity contribution in [2.45, 2.75) is 25.8 Å². The number of benzene rings is 1. The number of pyridine rings is 1. The number of fused-ring (bicyclic) bond motifs is 3. The Labute approximate surface area is 166 Å². The maximum Gasteiger partial charge on any atom is 0.221 e. The molecule has 4 aromatic rings. The topological polar surface area (TPSA) is 98.7 Å². The summed E-state index contributed by atoms with van der Waals surface area (Å²) in [7, 11) is 1.96. The highest BCUT2D eigenvalue weighted by Gasteiger charge is 2.23. The predicted octanol–water partition coefficient (Wildman–Crippen LogP) is 2.95. The quantitative estimate of drug-likeness (QED) is 0.542. The Kier molecular flexibility index (Phi) is 4.60. The summed E-state index contributed by atoms with van der Waals surface area (Å²) >= 11 is 1.55. The number of aromatic nitrogens is 4. The molecule has 0 saturated heterocycles. The third kappa shape index (κ3) is 3.25. The zero-order valence-electron chi connectivity index (χ0n) is 16.1. The van der Waals surface area contributed by atoms with Crippen molar-refractivity contribution in [1.82, 2.24) is 24.8 Å². The van der Waals surface area contributed by atoms with Crippen molar-refractivity contribution in [2.75, 3.05) is 6.54 Å². The zero-order valence-corrected chi connectivity index (χ0v) is 16.9. The first-order valence-corrected chi connectivity index (χ1v) is 9.89. The smallest absolute Gasteiger partial charge is 0.221 e. The molecule has 0 aliphatic carbocycles. The van der Waals surface area contributed by atoms with Gasteiger partial charge < -0.3 is 15.6 Å². The maximum atomic E-state index is 12.0. The molecule has 144 valence electrons. The van der Waals surface area contributed by atoms with Crippen LogP contribution in [0.15, 0.2) is 36.8 Å². The lowest BCUT2D eigenvalue weighted by molar-refractivity contribution is -0.122. The van der Waals surface area contributed by atoms with Gasteiger partial charge in [0.25, 0.3) is 0 Å². The molecule has 0 bridgehead atoms. The summed E-state index contributed by atoms with van der Waals surface area (Å²) in [5.74, 6) is -0.0549. The Morgan fingerprint density at radius 2 is 2.14 bits per heavy atom. The lowest BCUT2D eigenvalue weighted by Crippen LogP contribution is -2.41. The number of nitrogens with one attached hydrogen (secondary N) is 1. The second-order valence-electron chi connectivity index (χ2n) is 7.31. The van der Waals surface area contributed by atoms with Crippen molar-refractivity contribution in [1.29, 1.82) is 0 Å². The van der Waals surface area contributed by atoms with E-state index in [2.05, 4.69) is 21.4 Å². The van der Waals surface area contributed by atoms with Crippen LogP contribution in [0.5, 0.6) is 0 Å². The fraction of sp³-hybridized carbons (Fsp3) is 0.300. The van der Waals surface area contributed by atoms with Gasteiger partial charge in [-0.05, 0) is 25.5 Å². The van der Waals surface area contributed by atoms with Gasteiger partial charge in [-0.2, -0.15) is 0 Å². The van der Waals surface area contributed by atoms with Gasteiger partial charge in [0.05, 0.1) is 23.6 Å². The Morgan fingerprint density at radius 1 is 1.32 bits per heavy atom. The molecule has 0 spiro atoms. The van der Waals surface area contributed by atoms with Crippen LogP contribution < -0.4 is 11.1 Å². The Balaban J connectivity index is 1.74. The molecule has 0 aliphatic rings. The minimum absolute atomic E-state index is 0.0549. The number of hydrogen-bond donors (Lipinski definition) is 2. The van der Waals surface area contributed by atoms with Gasteiger partial charge in [0.2, 0.25) is 5.91 Å². The first-order valence-electron chi connectivity index (χ1n) is 9.07.